The van der Waals surface area contributed by atoms with Gasteiger partial charge in [0.25, 0.3) is 0 Å². The van der Waals surface area contributed by atoms with E-state index in [1.54, 1.807) is 0 Å². The molecule has 1 rings (SSSR count). The molecule has 1 atom stereocenters. The standard InChI is InChI=1S/C12H20N2O2/c1-4-7-13-10(2)11-6-5-8-14(11)9-12(15)16-3/h5-6,8,10,13H,4,7,9H2,1-3H3. The van der Waals surface area contributed by atoms with Crippen LogP contribution in [0.5, 0.6) is 0 Å². The minimum Gasteiger partial charge on any atom is -0.468 e. The van der Waals surface area contributed by atoms with Gasteiger partial charge >= 0.3 is 5.97 Å². The normalized spacial score (nSPS) is 12.4. The number of hydrogen-bond acceptors (Lipinski definition) is 3. The van der Waals surface area contributed by atoms with Gasteiger partial charge in [0, 0.05) is 17.9 Å². The van der Waals surface area contributed by atoms with E-state index in [0.717, 1.165) is 18.7 Å². The largest absolute Gasteiger partial charge is 0.468 e. The molecule has 4 nitrogen and oxygen atoms in total. The molecule has 1 aromatic heterocycles. The summed E-state index contributed by atoms with van der Waals surface area (Å²) < 4.78 is 6.58. The number of nitrogens with zero attached hydrogens (tertiary/aromatic N) is 1. The molecule has 0 aliphatic heterocycles. The molecule has 90 valence electrons. The summed E-state index contributed by atoms with van der Waals surface area (Å²) in [7, 11) is 1.41. The summed E-state index contributed by atoms with van der Waals surface area (Å²) in [5.74, 6) is -0.222. The van der Waals surface area contributed by atoms with Crippen LogP contribution < -0.4 is 5.32 Å². The van der Waals surface area contributed by atoms with Gasteiger partial charge in [0.1, 0.15) is 6.54 Å². The van der Waals surface area contributed by atoms with Gasteiger partial charge in [-0.3, -0.25) is 4.79 Å². The fourth-order valence-corrected chi connectivity index (χ4v) is 1.63. The quantitative estimate of drug-likeness (QED) is 0.748. The SMILES string of the molecule is CCCNC(C)c1cccn1CC(=O)OC. The number of carbonyl (C=O) groups is 1. The maximum absolute atomic E-state index is 11.2. The third-order valence-electron chi connectivity index (χ3n) is 2.54. The van der Waals surface area contributed by atoms with Crippen LogP contribution in [0.1, 0.15) is 32.0 Å². The Labute approximate surface area is 96.6 Å². The number of ether oxygens (including phenoxy) is 1. The van der Waals surface area contributed by atoms with Gasteiger partial charge in [-0.15, -0.1) is 0 Å². The average Bonchev–Trinajstić information content (AvgIpc) is 2.73. The van der Waals surface area contributed by atoms with Crippen molar-refractivity contribution >= 4 is 5.97 Å². The van der Waals surface area contributed by atoms with Crippen LogP contribution in [-0.4, -0.2) is 24.2 Å². The molecular weight excluding hydrogens is 204 g/mol. The second-order valence-electron chi connectivity index (χ2n) is 3.81. The fourth-order valence-electron chi connectivity index (χ4n) is 1.63. The summed E-state index contributed by atoms with van der Waals surface area (Å²) >= 11 is 0. The van der Waals surface area contributed by atoms with E-state index < -0.39 is 0 Å². The van der Waals surface area contributed by atoms with E-state index in [4.69, 9.17) is 0 Å². The second-order valence-corrected chi connectivity index (χ2v) is 3.81. The van der Waals surface area contributed by atoms with Crippen LogP contribution in [0.4, 0.5) is 0 Å². The first-order valence-electron chi connectivity index (χ1n) is 5.64. The lowest BCUT2D eigenvalue weighted by Gasteiger charge is -2.16. The topological polar surface area (TPSA) is 43.3 Å². The maximum Gasteiger partial charge on any atom is 0.325 e. The number of aromatic nitrogens is 1. The summed E-state index contributed by atoms with van der Waals surface area (Å²) in [6.45, 7) is 5.48. The van der Waals surface area contributed by atoms with Crippen LogP contribution >= 0.6 is 0 Å². The highest BCUT2D eigenvalue weighted by atomic mass is 16.5. The van der Waals surface area contributed by atoms with Crippen molar-refractivity contribution in [1.29, 1.82) is 0 Å². The molecule has 0 fully saturated rings. The molecule has 0 aliphatic rings. The highest BCUT2D eigenvalue weighted by Gasteiger charge is 2.11. The van der Waals surface area contributed by atoms with Gasteiger partial charge in [-0.1, -0.05) is 6.92 Å². The molecule has 0 amide bonds. The Morgan fingerprint density at radius 1 is 1.62 bits per heavy atom. The van der Waals surface area contributed by atoms with Gasteiger partial charge in [-0.2, -0.15) is 0 Å². The highest BCUT2D eigenvalue weighted by Crippen LogP contribution is 2.13. The first kappa shape index (κ1) is 12.8. The Hall–Kier alpha value is -1.29. The van der Waals surface area contributed by atoms with Crippen molar-refractivity contribution in [3.8, 4) is 0 Å². The molecule has 16 heavy (non-hydrogen) atoms. The second kappa shape index (κ2) is 6.33. The van der Waals surface area contributed by atoms with E-state index in [0.29, 0.717) is 0 Å². The van der Waals surface area contributed by atoms with E-state index in [-0.39, 0.29) is 18.6 Å². The van der Waals surface area contributed by atoms with Crippen molar-refractivity contribution in [3.63, 3.8) is 0 Å². The van der Waals surface area contributed by atoms with Gasteiger partial charge in [-0.05, 0) is 32.0 Å². The van der Waals surface area contributed by atoms with Gasteiger partial charge < -0.3 is 14.6 Å². The molecule has 0 saturated heterocycles. The predicted molar refractivity (Wildman–Crippen MR) is 63.2 cm³/mol. The van der Waals surface area contributed by atoms with E-state index in [9.17, 15) is 4.79 Å². The zero-order valence-electron chi connectivity index (χ0n) is 10.2. The van der Waals surface area contributed by atoms with Crippen molar-refractivity contribution in [1.82, 2.24) is 9.88 Å². The van der Waals surface area contributed by atoms with Crippen LogP contribution in [0, 0.1) is 0 Å². The number of methoxy groups -OCH3 is 1. The van der Waals surface area contributed by atoms with E-state index in [1.807, 2.05) is 22.9 Å². The first-order valence-corrected chi connectivity index (χ1v) is 5.64. The summed E-state index contributed by atoms with van der Waals surface area (Å²) in [4.78, 5) is 11.2. The first-order chi connectivity index (χ1) is 7.69. The number of rotatable bonds is 6. The Kier molecular flexibility index (Phi) is 5.05. The van der Waals surface area contributed by atoms with Crippen LogP contribution in [0.2, 0.25) is 0 Å². The third kappa shape index (κ3) is 3.38. The molecule has 1 unspecified atom stereocenters. The molecule has 0 radical (unpaired) electrons. The lowest BCUT2D eigenvalue weighted by molar-refractivity contribution is -0.141. The molecule has 0 aliphatic carbocycles. The number of nitrogens with one attached hydrogen (secondary N) is 1. The molecule has 0 spiro atoms. The highest BCUT2D eigenvalue weighted by molar-refractivity contribution is 5.69. The molecule has 0 bridgehead atoms. The lowest BCUT2D eigenvalue weighted by atomic mass is 10.2. The number of carbonyl (C=O) groups excluding carboxylic acids is 1. The predicted octanol–water partition coefficient (Wildman–Crippen LogP) is 1.72. The molecule has 4 heteroatoms. The van der Waals surface area contributed by atoms with Gasteiger partial charge in [0.05, 0.1) is 7.11 Å². The van der Waals surface area contributed by atoms with Crippen molar-refractivity contribution in [2.45, 2.75) is 32.9 Å². The lowest BCUT2D eigenvalue weighted by Crippen LogP contribution is -2.23. The summed E-state index contributed by atoms with van der Waals surface area (Å²) in [6.07, 6.45) is 3.00. The average molecular weight is 224 g/mol. The van der Waals surface area contributed by atoms with Gasteiger partial charge in [-0.25, -0.2) is 0 Å². The molecule has 1 N–H and O–H groups in total. The summed E-state index contributed by atoms with van der Waals surface area (Å²) in [6, 6.07) is 4.22. The van der Waals surface area contributed by atoms with E-state index in [1.165, 1.54) is 7.11 Å². The van der Waals surface area contributed by atoms with E-state index >= 15 is 0 Å². The molecule has 1 aromatic rings. The Balaban J connectivity index is 2.65. The van der Waals surface area contributed by atoms with E-state index in [2.05, 4.69) is 23.9 Å². The number of esters is 1. The van der Waals surface area contributed by atoms with Gasteiger partial charge in [0.2, 0.25) is 0 Å². The Morgan fingerprint density at radius 2 is 2.38 bits per heavy atom. The van der Waals surface area contributed by atoms with Crippen molar-refractivity contribution in [2.24, 2.45) is 0 Å². The molecule has 0 aromatic carbocycles. The number of hydrogen-bond donors (Lipinski definition) is 1. The molecular formula is C12H20N2O2. The maximum atomic E-state index is 11.2. The summed E-state index contributed by atoms with van der Waals surface area (Å²) in [5, 5.41) is 3.39. The molecule has 1 heterocycles. The fraction of sp³-hybridized carbons (Fsp3) is 0.583. The smallest absolute Gasteiger partial charge is 0.325 e. The van der Waals surface area contributed by atoms with Crippen molar-refractivity contribution in [2.75, 3.05) is 13.7 Å². The van der Waals surface area contributed by atoms with Crippen LogP contribution in [0.3, 0.4) is 0 Å². The van der Waals surface area contributed by atoms with Gasteiger partial charge in [0.15, 0.2) is 0 Å². The third-order valence-corrected chi connectivity index (χ3v) is 2.54. The molecule has 0 saturated carbocycles. The van der Waals surface area contributed by atoms with Crippen molar-refractivity contribution < 1.29 is 9.53 Å². The zero-order chi connectivity index (χ0) is 12.0. The minimum absolute atomic E-state index is 0.222. The zero-order valence-corrected chi connectivity index (χ0v) is 10.2. The Morgan fingerprint density at radius 3 is 3.00 bits per heavy atom. The monoisotopic (exact) mass is 224 g/mol. The minimum atomic E-state index is -0.222. The van der Waals surface area contributed by atoms with Crippen LogP contribution in [0.25, 0.3) is 0 Å². The Bertz CT molecular complexity index is 334. The van der Waals surface area contributed by atoms with Crippen molar-refractivity contribution in [3.05, 3.63) is 24.0 Å². The van der Waals surface area contributed by atoms with Crippen LogP contribution in [0.15, 0.2) is 18.3 Å². The van der Waals surface area contributed by atoms with Crippen LogP contribution in [-0.2, 0) is 16.1 Å². The summed E-state index contributed by atoms with van der Waals surface area (Å²) in [5.41, 5.74) is 1.11.